The number of nitrogens with zero attached hydrogens (tertiary/aromatic N) is 3. The largest absolute Gasteiger partial charge is 0.433 e. The van der Waals surface area contributed by atoms with E-state index in [1.165, 1.54) is 30.0 Å². The van der Waals surface area contributed by atoms with E-state index < -0.39 is 6.61 Å². The van der Waals surface area contributed by atoms with Crippen LogP contribution in [0.5, 0.6) is 5.75 Å². The van der Waals surface area contributed by atoms with Crippen LogP contribution in [0.15, 0.2) is 40.9 Å². The minimum Gasteiger partial charge on any atom is -0.433 e. The van der Waals surface area contributed by atoms with Gasteiger partial charge in [-0.3, -0.25) is 9.36 Å². The Morgan fingerprint density at radius 3 is 2.86 bits per heavy atom. The van der Waals surface area contributed by atoms with Crippen molar-refractivity contribution in [1.82, 2.24) is 14.8 Å². The first kappa shape index (κ1) is 20.1. The van der Waals surface area contributed by atoms with Gasteiger partial charge in [-0.2, -0.15) is 8.78 Å². The molecule has 6 nitrogen and oxygen atoms in total. The van der Waals surface area contributed by atoms with E-state index in [9.17, 15) is 13.6 Å². The number of alkyl halides is 2. The van der Waals surface area contributed by atoms with Gasteiger partial charge >= 0.3 is 6.61 Å². The van der Waals surface area contributed by atoms with Gasteiger partial charge in [0.15, 0.2) is 11.0 Å². The lowest BCUT2D eigenvalue weighted by atomic mass is 10.3. The van der Waals surface area contributed by atoms with Gasteiger partial charge in [0.05, 0.1) is 15.7 Å². The van der Waals surface area contributed by atoms with Gasteiger partial charge in [-0.05, 0) is 42.5 Å². The second-order valence-corrected chi connectivity index (χ2v) is 8.54. The van der Waals surface area contributed by atoms with E-state index in [2.05, 4.69) is 24.8 Å². The van der Waals surface area contributed by atoms with Crippen molar-refractivity contribution in [2.75, 3.05) is 11.1 Å². The summed E-state index contributed by atoms with van der Waals surface area (Å²) in [5, 5.41) is 13.9. The molecule has 1 N–H and O–H groups in total. The first-order valence-electron chi connectivity index (χ1n) is 8.67. The predicted octanol–water partition coefficient (Wildman–Crippen LogP) is 5.33. The molecule has 29 heavy (non-hydrogen) atoms. The number of thioether (sulfide) groups is 1. The predicted molar refractivity (Wildman–Crippen MR) is 109 cm³/mol. The molecule has 1 amide bonds. The van der Waals surface area contributed by atoms with Gasteiger partial charge in [-0.1, -0.05) is 29.4 Å². The van der Waals surface area contributed by atoms with Crippen LogP contribution >= 0.6 is 34.7 Å². The lowest BCUT2D eigenvalue weighted by molar-refractivity contribution is -0.113. The minimum absolute atomic E-state index is 0.00943. The zero-order chi connectivity index (χ0) is 20.4. The molecule has 0 radical (unpaired) electrons. The lowest BCUT2D eigenvalue weighted by Crippen LogP contribution is -2.14. The van der Waals surface area contributed by atoms with Crippen LogP contribution in [0.3, 0.4) is 0 Å². The number of hydrogen-bond acceptors (Lipinski definition) is 6. The normalized spacial score (nSPS) is 13.7. The monoisotopic (exact) mass is 456 g/mol. The maximum Gasteiger partial charge on any atom is 0.387 e. The number of aromatic nitrogens is 3. The SMILES string of the molecule is O=C(CSc1nnc(-c2cccs2)n1C1CC1)Nc1ccc(OC(F)F)c(Cl)c1. The van der Waals surface area contributed by atoms with Crippen molar-refractivity contribution in [3.05, 3.63) is 40.7 Å². The van der Waals surface area contributed by atoms with Crippen molar-refractivity contribution in [2.24, 2.45) is 0 Å². The van der Waals surface area contributed by atoms with Crippen molar-refractivity contribution >= 4 is 46.3 Å². The van der Waals surface area contributed by atoms with Crippen LogP contribution in [0.1, 0.15) is 18.9 Å². The standard InChI is InChI=1S/C18H15ClF2N4O2S2/c19-12-8-10(3-6-13(12)27-17(20)21)22-15(26)9-29-18-24-23-16(14-2-1-7-28-14)25(18)11-4-5-11/h1-3,6-8,11,17H,4-5,9H2,(H,22,26). The average molecular weight is 457 g/mol. The molecule has 0 atom stereocenters. The second kappa shape index (κ2) is 8.68. The maximum atomic E-state index is 12.3. The van der Waals surface area contributed by atoms with E-state index in [0.29, 0.717) is 16.9 Å². The molecule has 1 fully saturated rings. The van der Waals surface area contributed by atoms with Crippen LogP contribution in [0.25, 0.3) is 10.7 Å². The number of thiophene rings is 1. The number of rotatable bonds is 8. The number of anilines is 1. The highest BCUT2D eigenvalue weighted by molar-refractivity contribution is 7.99. The van der Waals surface area contributed by atoms with Gasteiger partial charge in [0.1, 0.15) is 5.75 Å². The summed E-state index contributed by atoms with van der Waals surface area (Å²) in [6, 6.07) is 8.44. The van der Waals surface area contributed by atoms with Crippen LogP contribution in [0.4, 0.5) is 14.5 Å². The molecule has 1 saturated carbocycles. The van der Waals surface area contributed by atoms with Gasteiger partial charge < -0.3 is 10.1 Å². The summed E-state index contributed by atoms with van der Waals surface area (Å²) in [7, 11) is 0. The van der Waals surface area contributed by atoms with E-state index in [1.807, 2.05) is 17.5 Å². The van der Waals surface area contributed by atoms with Crippen molar-refractivity contribution in [3.63, 3.8) is 0 Å². The summed E-state index contributed by atoms with van der Waals surface area (Å²) in [6.07, 6.45) is 2.14. The molecule has 11 heteroatoms. The van der Waals surface area contributed by atoms with Crippen LogP contribution < -0.4 is 10.1 Å². The summed E-state index contributed by atoms with van der Waals surface area (Å²) < 4.78 is 31.0. The number of benzene rings is 1. The Hall–Kier alpha value is -2.17. The molecule has 0 aliphatic heterocycles. The molecule has 0 unspecified atom stereocenters. The molecular weight excluding hydrogens is 442 g/mol. The van der Waals surface area contributed by atoms with E-state index in [4.69, 9.17) is 11.6 Å². The molecular formula is C18H15ClF2N4O2S2. The molecule has 0 bridgehead atoms. The Kier molecular flexibility index (Phi) is 6.02. The fourth-order valence-electron chi connectivity index (χ4n) is 2.71. The van der Waals surface area contributed by atoms with Gasteiger partial charge in [-0.15, -0.1) is 21.5 Å². The van der Waals surface area contributed by atoms with Crippen molar-refractivity contribution in [1.29, 1.82) is 0 Å². The summed E-state index contributed by atoms with van der Waals surface area (Å²) in [4.78, 5) is 13.4. The molecule has 0 saturated heterocycles. The lowest BCUT2D eigenvalue weighted by Gasteiger charge is -2.10. The zero-order valence-electron chi connectivity index (χ0n) is 14.8. The number of hydrogen-bond donors (Lipinski definition) is 1. The van der Waals surface area contributed by atoms with Crippen LogP contribution in [0, 0.1) is 0 Å². The Morgan fingerprint density at radius 1 is 1.38 bits per heavy atom. The Morgan fingerprint density at radius 2 is 2.21 bits per heavy atom. The highest BCUT2D eigenvalue weighted by Crippen LogP contribution is 2.41. The third-order valence-corrected chi connectivity index (χ3v) is 6.19. The molecule has 3 aromatic rings. The molecule has 152 valence electrons. The quantitative estimate of drug-likeness (QED) is 0.464. The van der Waals surface area contributed by atoms with Gasteiger partial charge in [0, 0.05) is 11.7 Å². The molecule has 2 heterocycles. The van der Waals surface area contributed by atoms with Crippen LogP contribution in [-0.2, 0) is 4.79 Å². The Bertz CT molecular complexity index is 1010. The van der Waals surface area contributed by atoms with Crippen molar-refractivity contribution in [2.45, 2.75) is 30.7 Å². The second-order valence-electron chi connectivity index (χ2n) is 6.25. The highest BCUT2D eigenvalue weighted by atomic mass is 35.5. The zero-order valence-corrected chi connectivity index (χ0v) is 17.2. The van der Waals surface area contributed by atoms with E-state index in [1.54, 1.807) is 11.3 Å². The third kappa shape index (κ3) is 4.88. The highest BCUT2D eigenvalue weighted by Gasteiger charge is 2.30. The molecule has 1 aliphatic rings. The first-order valence-corrected chi connectivity index (χ1v) is 10.9. The fraction of sp³-hybridized carbons (Fsp3) is 0.278. The maximum absolute atomic E-state index is 12.3. The number of carbonyl (C=O) groups is 1. The summed E-state index contributed by atoms with van der Waals surface area (Å²) in [6.45, 7) is -2.97. The topological polar surface area (TPSA) is 69.0 Å². The van der Waals surface area contributed by atoms with Gasteiger partial charge in [0.25, 0.3) is 0 Å². The fourth-order valence-corrected chi connectivity index (χ4v) is 4.44. The van der Waals surface area contributed by atoms with Crippen LogP contribution in [-0.4, -0.2) is 33.0 Å². The molecule has 1 aliphatic carbocycles. The first-order chi connectivity index (χ1) is 14.0. The molecule has 1 aromatic carbocycles. The molecule has 0 spiro atoms. The third-order valence-electron chi connectivity index (χ3n) is 4.08. The van der Waals surface area contributed by atoms with Crippen molar-refractivity contribution < 1.29 is 18.3 Å². The van der Waals surface area contributed by atoms with Gasteiger partial charge in [0.2, 0.25) is 5.91 Å². The Balaban J connectivity index is 1.40. The van der Waals surface area contributed by atoms with E-state index >= 15 is 0 Å². The smallest absolute Gasteiger partial charge is 0.387 e. The van der Waals surface area contributed by atoms with Crippen molar-refractivity contribution in [3.8, 4) is 16.5 Å². The summed E-state index contributed by atoms with van der Waals surface area (Å²) >= 11 is 8.81. The van der Waals surface area contributed by atoms with Gasteiger partial charge in [-0.25, -0.2) is 0 Å². The number of halogens is 3. The summed E-state index contributed by atoms with van der Waals surface area (Å²) in [5.41, 5.74) is 0.394. The van der Waals surface area contributed by atoms with Crippen LogP contribution in [0.2, 0.25) is 5.02 Å². The summed E-state index contributed by atoms with van der Waals surface area (Å²) in [5.74, 6) is 0.540. The van der Waals surface area contributed by atoms with E-state index in [-0.39, 0.29) is 22.4 Å². The molecule has 2 aromatic heterocycles. The number of ether oxygens (including phenoxy) is 1. The number of nitrogens with one attached hydrogen (secondary N) is 1. The Labute approximate surface area is 178 Å². The average Bonchev–Trinajstić information content (AvgIpc) is 3.20. The van der Waals surface area contributed by atoms with E-state index in [0.717, 1.165) is 23.5 Å². The molecule has 4 rings (SSSR count). The minimum atomic E-state index is -2.97. The number of amides is 1. The number of carbonyl (C=O) groups excluding carboxylic acids is 1.